The molecule has 3 heterocycles. The van der Waals surface area contributed by atoms with Crippen molar-refractivity contribution in [2.75, 3.05) is 6.61 Å². The minimum absolute atomic E-state index is 0.0478. The quantitative estimate of drug-likeness (QED) is 0.327. The first-order valence-corrected chi connectivity index (χ1v) is 12.5. The Kier molecular flexibility index (Phi) is 6.53. The molecule has 1 atom stereocenters. The minimum Gasteiger partial charge on any atom is -0.493 e. The molecule has 0 saturated heterocycles. The third kappa shape index (κ3) is 4.79. The summed E-state index contributed by atoms with van der Waals surface area (Å²) in [6, 6.07) is 11.4. The summed E-state index contributed by atoms with van der Waals surface area (Å²) >= 11 is 0. The van der Waals surface area contributed by atoms with Gasteiger partial charge >= 0.3 is 11.9 Å². The molecule has 2 aromatic heterocycles. The van der Waals surface area contributed by atoms with Gasteiger partial charge in [-0.25, -0.2) is 9.78 Å². The number of aliphatic carboxylic acids is 1. The van der Waals surface area contributed by atoms with Gasteiger partial charge in [0.1, 0.15) is 12.4 Å². The number of aryl methyl sites for hydroxylation is 1. The second-order valence-corrected chi connectivity index (χ2v) is 10.5. The van der Waals surface area contributed by atoms with Gasteiger partial charge in [-0.15, -0.1) is 0 Å². The fraction of sp³-hybridized carbons (Fsp3) is 0.333. The maximum absolute atomic E-state index is 12.7. The maximum Gasteiger partial charge on any atom is 0.337 e. The van der Waals surface area contributed by atoms with Crippen molar-refractivity contribution in [3.8, 4) is 16.9 Å². The van der Waals surface area contributed by atoms with Crippen LogP contribution in [0, 0.1) is 6.92 Å². The van der Waals surface area contributed by atoms with Crippen molar-refractivity contribution in [2.24, 2.45) is 0 Å². The first-order valence-electron chi connectivity index (χ1n) is 12.5. The van der Waals surface area contributed by atoms with E-state index in [0.717, 1.165) is 45.1 Å². The molecule has 0 aliphatic carbocycles. The Hall–Kier alpha value is -4.04. The lowest BCUT2D eigenvalue weighted by Gasteiger charge is -2.29. The van der Waals surface area contributed by atoms with Crippen LogP contribution in [0.4, 0.5) is 0 Å². The van der Waals surface area contributed by atoms with Gasteiger partial charge in [-0.3, -0.25) is 9.78 Å². The molecule has 0 bridgehead atoms. The second kappa shape index (κ2) is 9.68. The standard InChI is InChI=1S/C30H30N2O6/c1-16-14-22-20(7-6-19(32-22)15-37-17(2)33)26(24(16)28(29(34)35)38-30(3,4)5)21-8-9-23-25-18(11-13-36-23)10-12-31-27(21)25/h6-10,12,14,28H,11,13,15H2,1-5H3,(H,34,35)/t28-/m1/s1. The molecule has 4 aromatic rings. The lowest BCUT2D eigenvalue weighted by atomic mass is 9.86. The van der Waals surface area contributed by atoms with Gasteiger partial charge in [0.25, 0.3) is 0 Å². The molecule has 8 heteroatoms. The van der Waals surface area contributed by atoms with E-state index in [1.165, 1.54) is 6.92 Å². The van der Waals surface area contributed by atoms with Crippen molar-refractivity contribution in [1.29, 1.82) is 0 Å². The average molecular weight is 515 g/mol. The zero-order valence-electron chi connectivity index (χ0n) is 22.1. The summed E-state index contributed by atoms with van der Waals surface area (Å²) in [4.78, 5) is 33.5. The third-order valence-electron chi connectivity index (χ3n) is 6.52. The number of carbonyl (C=O) groups is 2. The number of hydrogen-bond acceptors (Lipinski definition) is 7. The highest BCUT2D eigenvalue weighted by atomic mass is 16.5. The van der Waals surface area contributed by atoms with Gasteiger partial charge < -0.3 is 19.3 Å². The lowest BCUT2D eigenvalue weighted by Crippen LogP contribution is -2.28. The van der Waals surface area contributed by atoms with Crippen LogP contribution in [0.25, 0.3) is 32.9 Å². The molecule has 1 aliphatic heterocycles. The van der Waals surface area contributed by atoms with Crippen LogP contribution < -0.4 is 4.74 Å². The van der Waals surface area contributed by atoms with Crippen LogP contribution in [0.2, 0.25) is 0 Å². The first-order chi connectivity index (χ1) is 18.0. The zero-order valence-corrected chi connectivity index (χ0v) is 22.1. The van der Waals surface area contributed by atoms with Crippen LogP contribution in [0.5, 0.6) is 5.75 Å². The van der Waals surface area contributed by atoms with Gasteiger partial charge in [0.15, 0.2) is 6.10 Å². The van der Waals surface area contributed by atoms with E-state index in [0.29, 0.717) is 28.9 Å². The molecule has 0 amide bonds. The van der Waals surface area contributed by atoms with E-state index in [2.05, 4.69) is 0 Å². The number of fused-ring (bicyclic) bond motifs is 1. The number of benzene rings is 2. The number of aromatic nitrogens is 2. The highest BCUT2D eigenvalue weighted by Gasteiger charge is 2.33. The Morgan fingerprint density at radius 1 is 1.16 bits per heavy atom. The number of carbonyl (C=O) groups excluding carboxylic acids is 1. The van der Waals surface area contributed by atoms with E-state index < -0.39 is 17.7 Å². The van der Waals surface area contributed by atoms with E-state index in [1.807, 2.05) is 58.0 Å². The van der Waals surface area contributed by atoms with Gasteiger partial charge in [-0.2, -0.15) is 0 Å². The molecule has 0 radical (unpaired) electrons. The van der Waals surface area contributed by atoms with Crippen LogP contribution in [0.15, 0.2) is 42.6 Å². The largest absolute Gasteiger partial charge is 0.493 e. The van der Waals surface area contributed by atoms with Crippen molar-refractivity contribution in [2.45, 2.75) is 59.4 Å². The minimum atomic E-state index is -1.22. The van der Waals surface area contributed by atoms with E-state index in [1.54, 1.807) is 12.3 Å². The fourth-order valence-electron chi connectivity index (χ4n) is 5.04. The summed E-state index contributed by atoms with van der Waals surface area (Å²) in [5.74, 6) is -0.707. The Bertz CT molecular complexity index is 1580. The number of carboxylic acids is 1. The SMILES string of the molecule is CC(=O)OCc1ccc2c(-c3ccc4c5c(ccnc35)CCO4)c([C@@H](OC(C)(C)C)C(=O)O)c(C)cc2n1. The number of pyridine rings is 2. The third-order valence-corrected chi connectivity index (χ3v) is 6.52. The zero-order chi connectivity index (χ0) is 27.2. The van der Waals surface area contributed by atoms with Crippen LogP contribution in [-0.2, 0) is 32.1 Å². The smallest absolute Gasteiger partial charge is 0.337 e. The lowest BCUT2D eigenvalue weighted by molar-refractivity contribution is -0.160. The normalized spacial score (nSPS) is 13.8. The van der Waals surface area contributed by atoms with Gasteiger partial charge in [-0.05, 0) is 74.7 Å². The van der Waals surface area contributed by atoms with Crippen LogP contribution in [0.1, 0.15) is 56.2 Å². The molecular formula is C30H30N2O6. The number of ether oxygens (including phenoxy) is 3. The Labute approximate surface area is 220 Å². The van der Waals surface area contributed by atoms with E-state index in [4.69, 9.17) is 24.2 Å². The van der Waals surface area contributed by atoms with Crippen LogP contribution in [-0.4, -0.2) is 39.2 Å². The van der Waals surface area contributed by atoms with Gasteiger partial charge in [0, 0.05) is 41.4 Å². The fourth-order valence-corrected chi connectivity index (χ4v) is 5.04. The van der Waals surface area contributed by atoms with Crippen molar-refractivity contribution < 1.29 is 28.9 Å². The molecule has 8 nitrogen and oxygen atoms in total. The molecular weight excluding hydrogens is 484 g/mol. The topological polar surface area (TPSA) is 108 Å². The van der Waals surface area contributed by atoms with E-state index in [9.17, 15) is 14.7 Å². The summed E-state index contributed by atoms with van der Waals surface area (Å²) in [6.07, 6.45) is 1.32. The number of esters is 1. The average Bonchev–Trinajstić information content (AvgIpc) is 2.85. The van der Waals surface area contributed by atoms with E-state index >= 15 is 0 Å². The Morgan fingerprint density at radius 2 is 1.95 bits per heavy atom. The van der Waals surface area contributed by atoms with E-state index in [-0.39, 0.29) is 12.6 Å². The van der Waals surface area contributed by atoms with Crippen molar-refractivity contribution in [3.05, 3.63) is 65.0 Å². The molecule has 2 aromatic carbocycles. The highest BCUT2D eigenvalue weighted by molar-refractivity contribution is 6.08. The number of carboxylic acid groups (broad SMARTS) is 1. The molecule has 0 spiro atoms. The summed E-state index contributed by atoms with van der Waals surface area (Å²) in [5.41, 5.74) is 5.16. The maximum atomic E-state index is 12.7. The monoisotopic (exact) mass is 514 g/mol. The predicted molar refractivity (Wildman–Crippen MR) is 143 cm³/mol. The summed E-state index contributed by atoms with van der Waals surface area (Å²) < 4.78 is 17.2. The molecule has 1 N–H and O–H groups in total. The first kappa shape index (κ1) is 25.6. The highest BCUT2D eigenvalue weighted by Crippen LogP contribution is 2.44. The van der Waals surface area contributed by atoms with Crippen molar-refractivity contribution >= 4 is 33.7 Å². The van der Waals surface area contributed by atoms with Crippen molar-refractivity contribution in [3.63, 3.8) is 0 Å². The predicted octanol–water partition coefficient (Wildman–Crippen LogP) is 5.70. The number of rotatable bonds is 6. The molecule has 196 valence electrons. The van der Waals surface area contributed by atoms with Crippen LogP contribution >= 0.6 is 0 Å². The number of nitrogens with zero attached hydrogens (tertiary/aromatic N) is 2. The second-order valence-electron chi connectivity index (χ2n) is 10.5. The molecule has 0 unspecified atom stereocenters. The van der Waals surface area contributed by atoms with Gasteiger partial charge in [-0.1, -0.05) is 6.07 Å². The Balaban J connectivity index is 1.84. The summed E-state index contributed by atoms with van der Waals surface area (Å²) in [6.45, 7) is 9.37. The molecule has 38 heavy (non-hydrogen) atoms. The van der Waals surface area contributed by atoms with Crippen molar-refractivity contribution in [1.82, 2.24) is 9.97 Å². The summed E-state index contributed by atoms with van der Waals surface area (Å²) in [7, 11) is 0. The molecule has 0 fully saturated rings. The van der Waals surface area contributed by atoms with Gasteiger partial charge in [0.2, 0.25) is 0 Å². The molecule has 1 aliphatic rings. The summed E-state index contributed by atoms with van der Waals surface area (Å²) in [5, 5.41) is 12.0. The number of hydrogen-bond donors (Lipinski definition) is 1. The molecule has 0 saturated carbocycles. The van der Waals surface area contributed by atoms with Gasteiger partial charge in [0.05, 0.1) is 28.9 Å². The van der Waals surface area contributed by atoms with Crippen LogP contribution in [0.3, 0.4) is 0 Å². The molecule has 5 rings (SSSR count). The Morgan fingerprint density at radius 3 is 2.66 bits per heavy atom.